The normalized spacial score (nSPS) is 17.5. The van der Waals surface area contributed by atoms with E-state index in [1.165, 1.54) is 0 Å². The molecule has 190 valence electrons. The SMILES string of the molecule is CCn1cc(Nc2nc(N3CCC[C@@H](NC(=O)c4ccc(N(C)C)nc4)[C@H]3C)cnc2C(N)=O)cn1. The van der Waals surface area contributed by atoms with Crippen LogP contribution in [-0.4, -0.2) is 69.3 Å². The first-order valence-corrected chi connectivity index (χ1v) is 11.9. The van der Waals surface area contributed by atoms with Crippen molar-refractivity contribution in [3.05, 3.63) is 48.2 Å². The van der Waals surface area contributed by atoms with Gasteiger partial charge in [0.2, 0.25) is 0 Å². The van der Waals surface area contributed by atoms with Gasteiger partial charge in [-0.2, -0.15) is 5.10 Å². The minimum absolute atomic E-state index is 0.0474. The van der Waals surface area contributed by atoms with Crippen molar-refractivity contribution in [3.8, 4) is 0 Å². The summed E-state index contributed by atoms with van der Waals surface area (Å²) >= 11 is 0. The van der Waals surface area contributed by atoms with Crippen LogP contribution < -0.4 is 26.2 Å². The molecule has 0 saturated carbocycles. The lowest BCUT2D eigenvalue weighted by Gasteiger charge is -2.40. The molecule has 0 aliphatic carbocycles. The van der Waals surface area contributed by atoms with Gasteiger partial charge in [0.1, 0.15) is 11.6 Å². The highest BCUT2D eigenvalue weighted by Crippen LogP contribution is 2.26. The van der Waals surface area contributed by atoms with Crippen LogP contribution in [-0.2, 0) is 6.54 Å². The Labute approximate surface area is 209 Å². The Bertz CT molecular complexity index is 1220. The van der Waals surface area contributed by atoms with Crippen LogP contribution in [0.3, 0.4) is 0 Å². The molecule has 0 spiro atoms. The second-order valence-electron chi connectivity index (χ2n) is 8.96. The van der Waals surface area contributed by atoms with Crippen molar-refractivity contribution in [1.29, 1.82) is 0 Å². The van der Waals surface area contributed by atoms with E-state index >= 15 is 0 Å². The zero-order chi connectivity index (χ0) is 25.8. The lowest BCUT2D eigenvalue weighted by molar-refractivity contribution is 0.0923. The van der Waals surface area contributed by atoms with Crippen LogP contribution in [0.15, 0.2) is 36.9 Å². The summed E-state index contributed by atoms with van der Waals surface area (Å²) < 4.78 is 1.76. The highest BCUT2D eigenvalue weighted by atomic mass is 16.2. The Kier molecular flexibility index (Phi) is 7.32. The Morgan fingerprint density at radius 2 is 2.00 bits per heavy atom. The summed E-state index contributed by atoms with van der Waals surface area (Å²) in [5.74, 6) is 0.796. The van der Waals surface area contributed by atoms with Crippen LogP contribution in [0.2, 0.25) is 0 Å². The molecule has 12 nitrogen and oxygen atoms in total. The molecule has 2 atom stereocenters. The van der Waals surface area contributed by atoms with Crippen LogP contribution >= 0.6 is 0 Å². The number of piperidine rings is 1. The number of aryl methyl sites for hydroxylation is 1. The molecule has 1 aliphatic heterocycles. The smallest absolute Gasteiger partial charge is 0.271 e. The fourth-order valence-corrected chi connectivity index (χ4v) is 4.22. The molecule has 1 fully saturated rings. The highest BCUT2D eigenvalue weighted by Gasteiger charge is 2.31. The topological polar surface area (TPSA) is 147 Å². The minimum atomic E-state index is -0.676. The second kappa shape index (κ2) is 10.6. The summed E-state index contributed by atoms with van der Waals surface area (Å²) in [6, 6.07) is 3.44. The number of nitrogens with one attached hydrogen (secondary N) is 2. The molecule has 4 heterocycles. The number of aromatic nitrogens is 5. The highest BCUT2D eigenvalue weighted by molar-refractivity contribution is 5.96. The van der Waals surface area contributed by atoms with Gasteiger partial charge >= 0.3 is 0 Å². The molecule has 4 rings (SSSR count). The number of primary amides is 1. The van der Waals surface area contributed by atoms with E-state index < -0.39 is 5.91 Å². The molecule has 3 aromatic heterocycles. The van der Waals surface area contributed by atoms with Crippen LogP contribution in [0.5, 0.6) is 0 Å². The monoisotopic (exact) mass is 492 g/mol. The van der Waals surface area contributed by atoms with Gasteiger partial charge in [-0.1, -0.05) is 0 Å². The largest absolute Gasteiger partial charge is 0.364 e. The average Bonchev–Trinajstić information content (AvgIpc) is 3.32. The number of amides is 2. The van der Waals surface area contributed by atoms with E-state index in [1.54, 1.807) is 29.3 Å². The van der Waals surface area contributed by atoms with E-state index in [2.05, 4.69) is 35.6 Å². The maximum absolute atomic E-state index is 12.9. The van der Waals surface area contributed by atoms with Crippen molar-refractivity contribution in [3.63, 3.8) is 0 Å². The fourth-order valence-electron chi connectivity index (χ4n) is 4.22. The number of nitrogens with zero attached hydrogens (tertiary/aromatic N) is 7. The van der Waals surface area contributed by atoms with E-state index in [-0.39, 0.29) is 29.5 Å². The van der Waals surface area contributed by atoms with Crippen molar-refractivity contribution in [2.75, 3.05) is 35.8 Å². The van der Waals surface area contributed by atoms with Crippen LogP contribution in [0, 0.1) is 0 Å². The summed E-state index contributed by atoms with van der Waals surface area (Å²) in [5, 5.41) is 10.5. The van der Waals surface area contributed by atoms with E-state index in [9.17, 15) is 9.59 Å². The van der Waals surface area contributed by atoms with Gasteiger partial charge in [0.25, 0.3) is 11.8 Å². The van der Waals surface area contributed by atoms with E-state index in [0.717, 1.165) is 25.2 Å². The Hall–Kier alpha value is -4.22. The Balaban J connectivity index is 1.52. The van der Waals surface area contributed by atoms with Crippen molar-refractivity contribution in [1.82, 2.24) is 30.0 Å². The summed E-state index contributed by atoms with van der Waals surface area (Å²) in [7, 11) is 3.80. The van der Waals surface area contributed by atoms with E-state index in [0.29, 0.717) is 23.6 Å². The van der Waals surface area contributed by atoms with Gasteiger partial charge in [-0.25, -0.2) is 15.0 Å². The number of hydrogen-bond acceptors (Lipinski definition) is 9. The zero-order valence-electron chi connectivity index (χ0n) is 21.0. The van der Waals surface area contributed by atoms with E-state index in [4.69, 9.17) is 5.73 Å². The number of carbonyl (C=O) groups is 2. The third-order valence-electron chi connectivity index (χ3n) is 6.28. The first kappa shape index (κ1) is 24.9. The lowest BCUT2D eigenvalue weighted by atomic mass is 9.97. The standard InChI is InChI=1S/C24H32N10O2/c1-5-33-14-17(12-28-33)29-23-21(22(25)35)27-13-20(31-23)34-10-6-7-18(15(34)2)30-24(36)16-8-9-19(26-11-16)32(3)4/h8-9,11-15,18H,5-7,10H2,1-4H3,(H2,25,35)(H,29,31)(H,30,36)/t15-,18-/m1/s1. The second-order valence-corrected chi connectivity index (χ2v) is 8.96. The molecule has 4 N–H and O–H groups in total. The molecule has 1 aliphatic rings. The van der Waals surface area contributed by atoms with Crippen LogP contribution in [0.1, 0.15) is 47.5 Å². The number of pyridine rings is 1. The molecule has 2 amide bonds. The Morgan fingerprint density at radius 3 is 2.64 bits per heavy atom. The number of carbonyl (C=O) groups excluding carboxylic acids is 2. The van der Waals surface area contributed by atoms with Gasteiger partial charge in [-0.3, -0.25) is 14.3 Å². The van der Waals surface area contributed by atoms with Crippen molar-refractivity contribution in [2.24, 2.45) is 5.73 Å². The predicted molar refractivity (Wildman–Crippen MR) is 138 cm³/mol. The summed E-state index contributed by atoms with van der Waals surface area (Å²) in [4.78, 5) is 42.2. The number of hydrogen-bond donors (Lipinski definition) is 3. The predicted octanol–water partition coefficient (Wildman–Crippen LogP) is 1.78. The molecule has 0 aromatic carbocycles. The average molecular weight is 493 g/mol. The summed E-state index contributed by atoms with van der Waals surface area (Å²) in [5.41, 5.74) is 6.78. The molecule has 0 unspecified atom stereocenters. The fraction of sp³-hybridized carbons (Fsp3) is 0.417. The lowest BCUT2D eigenvalue weighted by Crippen LogP contribution is -2.54. The van der Waals surface area contributed by atoms with Crippen LogP contribution in [0.25, 0.3) is 0 Å². The Morgan fingerprint density at radius 1 is 1.19 bits per heavy atom. The molecule has 1 saturated heterocycles. The number of nitrogens with two attached hydrogens (primary N) is 1. The van der Waals surface area contributed by atoms with Gasteiger partial charge < -0.3 is 26.2 Å². The first-order chi connectivity index (χ1) is 17.3. The van der Waals surface area contributed by atoms with Gasteiger partial charge in [0.15, 0.2) is 11.5 Å². The third-order valence-corrected chi connectivity index (χ3v) is 6.28. The maximum atomic E-state index is 12.9. The van der Waals surface area contributed by atoms with Crippen molar-refractivity contribution < 1.29 is 9.59 Å². The molecule has 3 aromatic rings. The first-order valence-electron chi connectivity index (χ1n) is 11.9. The summed E-state index contributed by atoms with van der Waals surface area (Å²) in [6.45, 7) is 5.47. The van der Waals surface area contributed by atoms with Crippen LogP contribution in [0.4, 0.5) is 23.1 Å². The minimum Gasteiger partial charge on any atom is -0.364 e. The van der Waals surface area contributed by atoms with E-state index in [1.807, 2.05) is 45.1 Å². The molecular formula is C24H32N10O2. The molecule has 12 heteroatoms. The quantitative estimate of drug-likeness (QED) is 0.428. The molecule has 0 bridgehead atoms. The molecule has 36 heavy (non-hydrogen) atoms. The molecule has 0 radical (unpaired) electrons. The van der Waals surface area contributed by atoms with Crippen molar-refractivity contribution >= 4 is 35.0 Å². The van der Waals surface area contributed by atoms with Gasteiger partial charge in [-0.15, -0.1) is 0 Å². The number of rotatable bonds is 8. The summed E-state index contributed by atoms with van der Waals surface area (Å²) in [6.07, 6.45) is 8.29. The molecular weight excluding hydrogens is 460 g/mol. The van der Waals surface area contributed by atoms with Gasteiger partial charge in [-0.05, 0) is 38.8 Å². The number of anilines is 4. The third kappa shape index (κ3) is 5.37. The van der Waals surface area contributed by atoms with Crippen molar-refractivity contribution in [2.45, 2.75) is 45.3 Å². The maximum Gasteiger partial charge on any atom is 0.271 e. The van der Waals surface area contributed by atoms with Gasteiger partial charge in [0.05, 0.1) is 23.6 Å². The zero-order valence-corrected chi connectivity index (χ0v) is 21.0. The van der Waals surface area contributed by atoms with Gasteiger partial charge in [0, 0.05) is 51.7 Å².